The number of amides is 1. The van der Waals surface area contributed by atoms with Crippen LogP contribution in [0.4, 0.5) is 5.69 Å². The number of hydrogen-bond acceptors (Lipinski definition) is 3. The summed E-state index contributed by atoms with van der Waals surface area (Å²) in [6.45, 7) is 0.487. The van der Waals surface area contributed by atoms with Crippen LogP contribution in [0.3, 0.4) is 0 Å². The van der Waals surface area contributed by atoms with Gasteiger partial charge in [-0.05, 0) is 30.2 Å². The lowest BCUT2D eigenvalue weighted by Crippen LogP contribution is -2.26. The highest BCUT2D eigenvalue weighted by Gasteiger charge is 2.13. The first-order valence-corrected chi connectivity index (χ1v) is 6.95. The van der Waals surface area contributed by atoms with E-state index >= 15 is 0 Å². The molecule has 3 N–H and O–H groups in total. The Kier molecular flexibility index (Phi) is 5.06. The highest BCUT2D eigenvalue weighted by molar-refractivity contribution is 6.31. The number of methoxy groups -OCH3 is 1. The van der Waals surface area contributed by atoms with Crippen molar-refractivity contribution < 1.29 is 9.53 Å². The summed E-state index contributed by atoms with van der Waals surface area (Å²) in [6.07, 6.45) is 0.663. The number of nitrogens with two attached hydrogens (primary N) is 1. The zero-order valence-corrected chi connectivity index (χ0v) is 12.5. The molecule has 0 aliphatic rings. The molecule has 2 aromatic carbocycles. The topological polar surface area (TPSA) is 64.3 Å². The Morgan fingerprint density at radius 3 is 2.71 bits per heavy atom. The van der Waals surface area contributed by atoms with E-state index in [1.165, 1.54) is 7.11 Å². The van der Waals surface area contributed by atoms with Crippen molar-refractivity contribution in [3.8, 4) is 5.75 Å². The molecule has 0 radical (unpaired) electrons. The third-order valence-corrected chi connectivity index (χ3v) is 3.50. The summed E-state index contributed by atoms with van der Waals surface area (Å²) in [6, 6.07) is 12.7. The van der Waals surface area contributed by atoms with Gasteiger partial charge in [0.25, 0.3) is 5.91 Å². The minimum atomic E-state index is -0.216. The van der Waals surface area contributed by atoms with Gasteiger partial charge in [-0.15, -0.1) is 0 Å². The summed E-state index contributed by atoms with van der Waals surface area (Å²) >= 11 is 6.08. The van der Waals surface area contributed by atoms with Crippen LogP contribution in [0.5, 0.6) is 5.75 Å². The number of ether oxygens (including phenoxy) is 1. The molecule has 0 fully saturated rings. The molecule has 2 aromatic rings. The maximum absolute atomic E-state index is 12.2. The molecule has 110 valence electrons. The van der Waals surface area contributed by atoms with Crippen LogP contribution in [0.1, 0.15) is 15.9 Å². The third-order valence-electron chi connectivity index (χ3n) is 3.13. The van der Waals surface area contributed by atoms with Crippen molar-refractivity contribution in [2.24, 2.45) is 0 Å². The van der Waals surface area contributed by atoms with Gasteiger partial charge in [0.05, 0.1) is 18.4 Å². The predicted octanol–water partition coefficient (Wildman–Crippen LogP) is 2.90. The van der Waals surface area contributed by atoms with Gasteiger partial charge in [-0.25, -0.2) is 0 Å². The molecule has 0 aliphatic heterocycles. The van der Waals surface area contributed by atoms with E-state index in [1.54, 1.807) is 18.2 Å². The van der Waals surface area contributed by atoms with Crippen molar-refractivity contribution in [3.63, 3.8) is 0 Å². The number of benzene rings is 2. The summed E-state index contributed by atoms with van der Waals surface area (Å²) in [7, 11) is 1.49. The van der Waals surface area contributed by atoms with Crippen LogP contribution >= 0.6 is 11.6 Å². The smallest absolute Gasteiger partial charge is 0.255 e. The normalized spacial score (nSPS) is 10.2. The molecule has 1 amide bonds. The van der Waals surface area contributed by atoms with Crippen molar-refractivity contribution in [2.45, 2.75) is 6.42 Å². The predicted molar refractivity (Wildman–Crippen MR) is 84.9 cm³/mol. The molecule has 0 bridgehead atoms. The van der Waals surface area contributed by atoms with Crippen molar-refractivity contribution in [2.75, 3.05) is 19.4 Å². The lowest BCUT2D eigenvalue weighted by molar-refractivity contribution is 0.0951. The summed E-state index contributed by atoms with van der Waals surface area (Å²) in [5.74, 6) is 0.180. The zero-order chi connectivity index (χ0) is 15.2. The van der Waals surface area contributed by atoms with E-state index in [1.807, 2.05) is 24.3 Å². The number of anilines is 1. The van der Waals surface area contributed by atoms with Gasteiger partial charge >= 0.3 is 0 Å². The molecule has 21 heavy (non-hydrogen) atoms. The highest BCUT2D eigenvalue weighted by Crippen LogP contribution is 2.25. The van der Waals surface area contributed by atoms with Crippen LogP contribution in [0.2, 0.25) is 5.02 Å². The minimum absolute atomic E-state index is 0.216. The number of hydrogen-bond donors (Lipinski definition) is 2. The summed E-state index contributed by atoms with van der Waals surface area (Å²) in [4.78, 5) is 12.2. The molecule has 0 atom stereocenters. The number of nitrogen functional groups attached to an aromatic ring is 1. The van der Waals surface area contributed by atoms with Crippen LogP contribution in [-0.2, 0) is 6.42 Å². The number of carbonyl (C=O) groups is 1. The lowest BCUT2D eigenvalue weighted by atomic mass is 10.1. The monoisotopic (exact) mass is 304 g/mol. The van der Waals surface area contributed by atoms with Crippen molar-refractivity contribution in [3.05, 3.63) is 58.6 Å². The molecule has 2 rings (SSSR count). The fourth-order valence-corrected chi connectivity index (χ4v) is 2.30. The first-order chi connectivity index (χ1) is 10.1. The first kappa shape index (κ1) is 15.2. The molecule has 0 saturated heterocycles. The fraction of sp³-hybridized carbons (Fsp3) is 0.188. The van der Waals surface area contributed by atoms with E-state index in [0.29, 0.717) is 35.0 Å². The summed E-state index contributed by atoms with van der Waals surface area (Å²) in [5, 5.41) is 3.55. The van der Waals surface area contributed by atoms with Crippen molar-refractivity contribution >= 4 is 23.2 Å². The largest absolute Gasteiger partial charge is 0.494 e. The maximum atomic E-state index is 12.2. The quantitative estimate of drug-likeness (QED) is 0.835. The van der Waals surface area contributed by atoms with Crippen LogP contribution in [-0.4, -0.2) is 19.6 Å². The van der Waals surface area contributed by atoms with Gasteiger partial charge in [-0.1, -0.05) is 35.9 Å². The Bertz CT molecular complexity index is 644. The van der Waals surface area contributed by atoms with Crippen LogP contribution in [0.15, 0.2) is 42.5 Å². The van der Waals surface area contributed by atoms with Gasteiger partial charge in [-0.2, -0.15) is 0 Å². The Morgan fingerprint density at radius 2 is 2.00 bits per heavy atom. The second-order valence-electron chi connectivity index (χ2n) is 4.53. The van der Waals surface area contributed by atoms with Gasteiger partial charge < -0.3 is 15.8 Å². The Hall–Kier alpha value is -2.20. The third kappa shape index (κ3) is 3.67. The lowest BCUT2D eigenvalue weighted by Gasteiger charge is -2.11. The Labute approximate surface area is 128 Å². The van der Waals surface area contributed by atoms with E-state index in [4.69, 9.17) is 22.1 Å². The fourth-order valence-electron chi connectivity index (χ4n) is 2.07. The second kappa shape index (κ2) is 6.99. The van der Waals surface area contributed by atoms with Gasteiger partial charge in [0.2, 0.25) is 0 Å². The Balaban J connectivity index is 2.00. The zero-order valence-electron chi connectivity index (χ0n) is 11.7. The first-order valence-electron chi connectivity index (χ1n) is 6.57. The molecule has 0 unspecified atom stereocenters. The molecule has 0 aliphatic carbocycles. The van der Waals surface area contributed by atoms with E-state index in [-0.39, 0.29) is 5.91 Å². The van der Waals surface area contributed by atoms with Gasteiger partial charge in [0, 0.05) is 11.6 Å². The standard InChI is InChI=1S/C16H17ClN2O2/c1-21-15-12(6-4-8-14(15)18)16(20)19-10-9-11-5-2-3-7-13(11)17/h2-8H,9-10,18H2,1H3,(H,19,20). The number of para-hydroxylation sites is 1. The SMILES string of the molecule is COc1c(N)cccc1C(=O)NCCc1ccccc1Cl. The average molecular weight is 305 g/mol. The number of halogens is 1. The van der Waals surface area contributed by atoms with Crippen molar-refractivity contribution in [1.29, 1.82) is 0 Å². The number of carbonyl (C=O) groups excluding carboxylic acids is 1. The van der Waals surface area contributed by atoms with Crippen LogP contribution in [0, 0.1) is 0 Å². The van der Waals surface area contributed by atoms with E-state index < -0.39 is 0 Å². The summed E-state index contributed by atoms with van der Waals surface area (Å²) < 4.78 is 5.17. The number of rotatable bonds is 5. The Morgan fingerprint density at radius 1 is 1.24 bits per heavy atom. The van der Waals surface area contributed by atoms with Gasteiger partial charge in [0.15, 0.2) is 5.75 Å². The average Bonchev–Trinajstić information content (AvgIpc) is 2.48. The van der Waals surface area contributed by atoms with Crippen LogP contribution in [0.25, 0.3) is 0 Å². The maximum Gasteiger partial charge on any atom is 0.255 e. The van der Waals surface area contributed by atoms with Gasteiger partial charge in [-0.3, -0.25) is 4.79 Å². The highest BCUT2D eigenvalue weighted by atomic mass is 35.5. The van der Waals surface area contributed by atoms with Gasteiger partial charge in [0.1, 0.15) is 0 Å². The number of nitrogens with one attached hydrogen (secondary N) is 1. The molecule has 0 aromatic heterocycles. The minimum Gasteiger partial charge on any atom is -0.494 e. The molecule has 0 spiro atoms. The molecular weight excluding hydrogens is 288 g/mol. The van der Waals surface area contributed by atoms with E-state index in [0.717, 1.165) is 5.56 Å². The molecule has 4 nitrogen and oxygen atoms in total. The van der Waals surface area contributed by atoms with Crippen LogP contribution < -0.4 is 15.8 Å². The van der Waals surface area contributed by atoms with E-state index in [2.05, 4.69) is 5.32 Å². The molecule has 0 heterocycles. The molecular formula is C16H17ClN2O2. The second-order valence-corrected chi connectivity index (χ2v) is 4.93. The van der Waals surface area contributed by atoms with E-state index in [9.17, 15) is 4.79 Å². The molecule has 0 saturated carbocycles. The summed E-state index contributed by atoms with van der Waals surface area (Å²) in [5.41, 5.74) is 7.65. The van der Waals surface area contributed by atoms with Crippen molar-refractivity contribution in [1.82, 2.24) is 5.32 Å². The molecule has 5 heteroatoms.